The van der Waals surface area contributed by atoms with Gasteiger partial charge in [0.15, 0.2) is 0 Å². The second-order valence-electron chi connectivity index (χ2n) is 6.35. The molecule has 0 unspecified atom stereocenters. The maximum absolute atomic E-state index is 12.8. The van der Waals surface area contributed by atoms with Crippen LogP contribution in [0.15, 0.2) is 47.4 Å². The van der Waals surface area contributed by atoms with Gasteiger partial charge in [-0.25, -0.2) is 12.7 Å². The summed E-state index contributed by atoms with van der Waals surface area (Å²) in [5, 5.41) is 0. The van der Waals surface area contributed by atoms with Crippen molar-refractivity contribution in [2.45, 2.75) is 25.3 Å². The van der Waals surface area contributed by atoms with Crippen LogP contribution in [0.2, 0.25) is 0 Å². The summed E-state index contributed by atoms with van der Waals surface area (Å²) in [5.74, 6) is -0.198. The van der Waals surface area contributed by atoms with Crippen LogP contribution in [-0.2, 0) is 16.6 Å². The number of sulfonamides is 1. The highest BCUT2D eigenvalue weighted by molar-refractivity contribution is 7.89. The minimum absolute atomic E-state index is 0.121. The molecule has 0 fully saturated rings. The van der Waals surface area contributed by atoms with Crippen molar-refractivity contribution in [3.63, 3.8) is 0 Å². The molecule has 0 spiro atoms. The van der Waals surface area contributed by atoms with Gasteiger partial charge < -0.3 is 4.90 Å². The van der Waals surface area contributed by atoms with Gasteiger partial charge in [-0.3, -0.25) is 4.79 Å². The van der Waals surface area contributed by atoms with Gasteiger partial charge in [-0.05, 0) is 42.7 Å². The Morgan fingerprint density at radius 3 is 2.20 bits per heavy atom. The van der Waals surface area contributed by atoms with Crippen LogP contribution in [0.3, 0.4) is 0 Å². The molecule has 0 saturated carbocycles. The number of carbonyl (C=O) groups is 1. The molecule has 5 nitrogen and oxygen atoms in total. The van der Waals surface area contributed by atoms with E-state index in [2.05, 4.69) is 0 Å². The van der Waals surface area contributed by atoms with Crippen molar-refractivity contribution in [1.82, 2.24) is 9.21 Å². The Morgan fingerprint density at radius 2 is 1.60 bits per heavy atom. The van der Waals surface area contributed by atoms with E-state index in [1.807, 2.05) is 31.2 Å². The average molecular weight is 360 g/mol. The highest BCUT2D eigenvalue weighted by atomic mass is 32.2. The van der Waals surface area contributed by atoms with Crippen molar-refractivity contribution in [3.8, 4) is 0 Å². The maximum atomic E-state index is 12.8. The molecule has 6 heteroatoms. The van der Waals surface area contributed by atoms with Crippen molar-refractivity contribution in [2.75, 3.05) is 21.1 Å². The van der Waals surface area contributed by atoms with Crippen LogP contribution in [0, 0.1) is 13.8 Å². The van der Waals surface area contributed by atoms with Crippen molar-refractivity contribution in [2.24, 2.45) is 0 Å². The van der Waals surface area contributed by atoms with Crippen LogP contribution in [0.5, 0.6) is 0 Å². The molecular formula is C19H24N2O3S. The lowest BCUT2D eigenvalue weighted by Crippen LogP contribution is -2.28. The summed E-state index contributed by atoms with van der Waals surface area (Å²) in [6, 6.07) is 12.5. The summed E-state index contributed by atoms with van der Waals surface area (Å²) in [5.41, 5.74) is 3.33. The van der Waals surface area contributed by atoms with Gasteiger partial charge in [0.05, 0.1) is 4.90 Å². The second kappa shape index (κ2) is 7.37. The van der Waals surface area contributed by atoms with Gasteiger partial charge in [0.1, 0.15) is 0 Å². The highest BCUT2D eigenvalue weighted by Gasteiger charge is 2.21. The molecule has 0 aliphatic heterocycles. The molecule has 134 valence electrons. The third-order valence-electron chi connectivity index (χ3n) is 4.23. The topological polar surface area (TPSA) is 57.7 Å². The van der Waals surface area contributed by atoms with Gasteiger partial charge in [-0.2, -0.15) is 0 Å². The second-order valence-corrected chi connectivity index (χ2v) is 8.50. The fourth-order valence-corrected chi connectivity index (χ4v) is 3.45. The first-order valence-electron chi connectivity index (χ1n) is 7.97. The Kier molecular flexibility index (Phi) is 5.65. The minimum Gasteiger partial charge on any atom is -0.337 e. The molecule has 2 aromatic carbocycles. The van der Waals surface area contributed by atoms with Gasteiger partial charge in [-0.15, -0.1) is 0 Å². The molecule has 0 atom stereocenters. The van der Waals surface area contributed by atoms with Crippen LogP contribution >= 0.6 is 0 Å². The summed E-state index contributed by atoms with van der Waals surface area (Å²) in [6.45, 7) is 4.28. The van der Waals surface area contributed by atoms with Crippen molar-refractivity contribution < 1.29 is 13.2 Å². The first kappa shape index (κ1) is 19.1. The first-order valence-corrected chi connectivity index (χ1v) is 9.41. The van der Waals surface area contributed by atoms with Crippen molar-refractivity contribution in [1.29, 1.82) is 0 Å². The van der Waals surface area contributed by atoms with E-state index in [1.54, 1.807) is 24.9 Å². The summed E-state index contributed by atoms with van der Waals surface area (Å²) >= 11 is 0. The normalized spacial score (nSPS) is 11.6. The van der Waals surface area contributed by atoms with E-state index in [4.69, 9.17) is 0 Å². The summed E-state index contributed by atoms with van der Waals surface area (Å²) in [7, 11) is 1.09. The first-order chi connectivity index (χ1) is 11.6. The molecule has 0 aliphatic carbocycles. The fraction of sp³-hybridized carbons (Fsp3) is 0.316. The smallest absolute Gasteiger partial charge is 0.254 e. The summed E-state index contributed by atoms with van der Waals surface area (Å²) in [4.78, 5) is 14.6. The minimum atomic E-state index is -3.58. The van der Waals surface area contributed by atoms with Crippen molar-refractivity contribution in [3.05, 3.63) is 64.7 Å². The molecule has 0 N–H and O–H groups in total. The van der Waals surface area contributed by atoms with E-state index < -0.39 is 10.0 Å². The van der Waals surface area contributed by atoms with Gasteiger partial charge in [0, 0.05) is 33.3 Å². The number of amides is 1. The van der Waals surface area contributed by atoms with Crippen LogP contribution in [0.1, 0.15) is 27.0 Å². The number of hydrogen-bond acceptors (Lipinski definition) is 3. The van der Waals surface area contributed by atoms with Crippen LogP contribution in [-0.4, -0.2) is 44.7 Å². The number of benzene rings is 2. The Bertz CT molecular complexity index is 889. The lowest BCUT2D eigenvalue weighted by molar-refractivity contribution is 0.0784. The molecule has 0 bridgehead atoms. The molecule has 0 heterocycles. The number of aryl methyl sites for hydroxylation is 2. The Balaban J connectivity index is 2.34. The zero-order valence-corrected chi connectivity index (χ0v) is 16.1. The SMILES string of the molecule is Cc1ccccc1CN(C)C(=O)c1cc(S(=O)(=O)N(C)C)ccc1C. The quantitative estimate of drug-likeness (QED) is 0.824. The molecule has 0 saturated heterocycles. The lowest BCUT2D eigenvalue weighted by atomic mass is 10.1. The van der Waals surface area contributed by atoms with Crippen LogP contribution in [0.25, 0.3) is 0 Å². The molecule has 2 rings (SSSR count). The van der Waals surface area contributed by atoms with Gasteiger partial charge in [-0.1, -0.05) is 30.3 Å². The maximum Gasteiger partial charge on any atom is 0.254 e. The highest BCUT2D eigenvalue weighted by Crippen LogP contribution is 2.20. The molecule has 0 aromatic heterocycles. The fourth-order valence-electron chi connectivity index (χ4n) is 2.52. The van der Waals surface area contributed by atoms with Gasteiger partial charge in [0.2, 0.25) is 10.0 Å². The predicted octanol–water partition coefficient (Wildman–Crippen LogP) is 2.83. The third-order valence-corrected chi connectivity index (χ3v) is 6.04. The lowest BCUT2D eigenvalue weighted by Gasteiger charge is -2.20. The zero-order chi connectivity index (χ0) is 18.8. The zero-order valence-electron chi connectivity index (χ0n) is 15.3. The Hall–Kier alpha value is -2.18. The molecule has 0 aliphatic rings. The molecule has 2 aromatic rings. The van der Waals surface area contributed by atoms with Gasteiger partial charge >= 0.3 is 0 Å². The molecule has 0 radical (unpaired) electrons. The predicted molar refractivity (Wildman–Crippen MR) is 99.0 cm³/mol. The average Bonchev–Trinajstić information content (AvgIpc) is 2.56. The third kappa shape index (κ3) is 4.08. The van der Waals surface area contributed by atoms with E-state index in [-0.39, 0.29) is 10.8 Å². The monoisotopic (exact) mass is 360 g/mol. The molecule has 1 amide bonds. The summed E-state index contributed by atoms with van der Waals surface area (Å²) < 4.78 is 25.8. The number of rotatable bonds is 5. The van der Waals surface area contributed by atoms with Crippen LogP contribution in [0.4, 0.5) is 0 Å². The van der Waals surface area contributed by atoms with E-state index >= 15 is 0 Å². The van der Waals surface area contributed by atoms with Crippen molar-refractivity contribution >= 4 is 15.9 Å². The van der Waals surface area contributed by atoms with Crippen LogP contribution < -0.4 is 0 Å². The number of hydrogen-bond donors (Lipinski definition) is 0. The largest absolute Gasteiger partial charge is 0.337 e. The van der Waals surface area contributed by atoms with E-state index in [1.165, 1.54) is 26.2 Å². The van der Waals surface area contributed by atoms with E-state index in [9.17, 15) is 13.2 Å². The van der Waals surface area contributed by atoms with Gasteiger partial charge in [0.25, 0.3) is 5.91 Å². The molecular weight excluding hydrogens is 336 g/mol. The Labute approximate surface area is 149 Å². The van der Waals surface area contributed by atoms with E-state index in [0.717, 1.165) is 21.0 Å². The molecule has 25 heavy (non-hydrogen) atoms. The Morgan fingerprint density at radius 1 is 0.960 bits per heavy atom. The number of carbonyl (C=O) groups excluding carboxylic acids is 1. The standard InChI is InChI=1S/C19H24N2O3S/c1-14-8-6-7-9-16(14)13-21(5)19(22)18-12-17(11-10-15(18)2)25(23,24)20(3)4/h6-12H,13H2,1-5H3. The number of nitrogens with zero attached hydrogens (tertiary/aromatic N) is 2. The summed E-state index contributed by atoms with van der Waals surface area (Å²) in [6.07, 6.45) is 0. The van der Waals surface area contributed by atoms with E-state index in [0.29, 0.717) is 12.1 Å².